The average Bonchev–Trinajstić information content (AvgIpc) is 2.04. The minimum atomic E-state index is -1.13. The first-order valence-corrected chi connectivity index (χ1v) is 4.73. The Morgan fingerprint density at radius 3 is 3.25 bits per heavy atom. The third-order valence-electron chi connectivity index (χ3n) is 1.58. The second kappa shape index (κ2) is 2.67. The van der Waals surface area contributed by atoms with Crippen LogP contribution in [-0.2, 0) is 10.8 Å². The summed E-state index contributed by atoms with van der Waals surface area (Å²) in [6.07, 6.45) is 2.88. The summed E-state index contributed by atoms with van der Waals surface area (Å²) < 4.78 is 11.1. The third-order valence-corrected chi connectivity index (χ3v) is 2.62. The van der Waals surface area contributed by atoms with Crippen LogP contribution in [-0.4, -0.2) is 25.0 Å². The van der Waals surface area contributed by atoms with Crippen molar-refractivity contribution in [1.82, 2.24) is 9.97 Å². The van der Waals surface area contributed by atoms with E-state index in [1.54, 1.807) is 0 Å². The molecule has 1 aromatic heterocycles. The lowest BCUT2D eigenvalue weighted by Gasteiger charge is -2.02. The molecular formula is C7H6N2O2S. The van der Waals surface area contributed by atoms with Crippen LogP contribution in [0.5, 0.6) is 0 Å². The zero-order valence-corrected chi connectivity index (χ0v) is 6.91. The molecule has 1 N–H and O–H groups in total. The minimum Gasteiger partial charge on any atom is -0.511 e. The quantitative estimate of drug-likeness (QED) is 0.538. The Hall–Kier alpha value is -1.23. The fourth-order valence-electron chi connectivity index (χ4n) is 1.03. The Labute approximate surface area is 70.7 Å². The first-order valence-electron chi connectivity index (χ1n) is 3.34. The van der Waals surface area contributed by atoms with Crippen LogP contribution in [0.25, 0.3) is 11.2 Å². The summed E-state index contributed by atoms with van der Waals surface area (Å²) in [6, 6.07) is 0. The van der Waals surface area contributed by atoms with Gasteiger partial charge in [0.05, 0.1) is 27.1 Å². The van der Waals surface area contributed by atoms with Gasteiger partial charge < -0.3 is 5.11 Å². The monoisotopic (exact) mass is 182 g/mol. The molecule has 0 spiro atoms. The number of aliphatic hydroxyl groups is 1. The Balaban J connectivity index is 2.90. The molecule has 1 atom stereocenters. The molecule has 1 aliphatic heterocycles. The summed E-state index contributed by atoms with van der Waals surface area (Å²) in [5.74, 6) is 0.270. The second-order valence-electron chi connectivity index (χ2n) is 2.41. The van der Waals surface area contributed by atoms with Gasteiger partial charge in [0, 0.05) is 11.6 Å². The van der Waals surface area contributed by atoms with Crippen molar-refractivity contribution in [2.24, 2.45) is 0 Å². The molecule has 0 aromatic carbocycles. The number of aliphatic hydroxyl groups excluding tert-OH is 1. The Morgan fingerprint density at radius 2 is 2.42 bits per heavy atom. The molecule has 0 fully saturated rings. The van der Waals surface area contributed by atoms with Gasteiger partial charge in [-0.1, -0.05) is 0 Å². The van der Waals surface area contributed by atoms with Gasteiger partial charge in [0.2, 0.25) is 0 Å². The van der Waals surface area contributed by atoms with E-state index >= 15 is 0 Å². The number of rotatable bonds is 0. The van der Waals surface area contributed by atoms with Crippen molar-refractivity contribution in [2.75, 3.05) is 5.75 Å². The van der Waals surface area contributed by atoms with Crippen molar-refractivity contribution in [2.45, 2.75) is 0 Å². The predicted octanol–water partition coefficient (Wildman–Crippen LogP) is -1.36. The highest BCUT2D eigenvalue weighted by Gasteiger charge is 2.08. The summed E-state index contributed by atoms with van der Waals surface area (Å²) in [7, 11) is -1.13. The number of hydrogen-bond donors (Lipinski definition) is 1. The summed E-state index contributed by atoms with van der Waals surface area (Å²) >= 11 is 0. The molecule has 1 aromatic rings. The van der Waals surface area contributed by atoms with E-state index < -0.39 is 10.8 Å². The Bertz CT molecular complexity index is 455. The van der Waals surface area contributed by atoms with Crippen LogP contribution >= 0.6 is 0 Å². The zero-order valence-electron chi connectivity index (χ0n) is 6.10. The van der Waals surface area contributed by atoms with Gasteiger partial charge in [-0.3, -0.25) is 4.21 Å². The highest BCUT2D eigenvalue weighted by Crippen LogP contribution is 1.95. The van der Waals surface area contributed by atoms with E-state index in [1.165, 1.54) is 17.9 Å². The van der Waals surface area contributed by atoms with Crippen molar-refractivity contribution in [3.8, 4) is 0 Å². The van der Waals surface area contributed by atoms with Gasteiger partial charge in [-0.15, -0.1) is 0 Å². The fourth-order valence-corrected chi connectivity index (χ4v) is 1.98. The lowest BCUT2D eigenvalue weighted by Crippen LogP contribution is -2.35. The summed E-state index contributed by atoms with van der Waals surface area (Å²) in [4.78, 5) is 7.64. The van der Waals surface area contributed by atoms with Crippen LogP contribution in [0.4, 0.5) is 0 Å². The molecule has 4 nitrogen and oxygen atoms in total. The summed E-state index contributed by atoms with van der Waals surface area (Å²) in [6.45, 7) is 0. The summed E-state index contributed by atoms with van der Waals surface area (Å²) in [5, 5.41) is 12.0. The molecule has 12 heavy (non-hydrogen) atoms. The van der Waals surface area contributed by atoms with Crippen molar-refractivity contribution >= 4 is 22.0 Å². The topological polar surface area (TPSA) is 63.1 Å². The van der Waals surface area contributed by atoms with Gasteiger partial charge >= 0.3 is 0 Å². The molecule has 0 aliphatic carbocycles. The van der Waals surface area contributed by atoms with Crippen LogP contribution in [0.3, 0.4) is 0 Å². The van der Waals surface area contributed by atoms with E-state index in [9.17, 15) is 9.32 Å². The number of fused-ring (bicyclic) bond motifs is 1. The zero-order chi connectivity index (χ0) is 8.55. The van der Waals surface area contributed by atoms with E-state index in [-0.39, 0.29) is 11.5 Å². The van der Waals surface area contributed by atoms with Crippen molar-refractivity contribution < 1.29 is 9.32 Å². The maximum atomic E-state index is 11.1. The average molecular weight is 182 g/mol. The Morgan fingerprint density at radius 1 is 1.58 bits per heavy atom. The smallest absolute Gasteiger partial charge is 0.116 e. The van der Waals surface area contributed by atoms with Gasteiger partial charge in [-0.2, -0.15) is 0 Å². The highest BCUT2D eigenvalue weighted by molar-refractivity contribution is 7.93. The molecule has 0 bridgehead atoms. The van der Waals surface area contributed by atoms with Crippen LogP contribution in [0, 0.1) is 0 Å². The highest BCUT2D eigenvalue weighted by atomic mass is 32.2. The molecule has 2 heterocycles. The van der Waals surface area contributed by atoms with Crippen LogP contribution in [0.2, 0.25) is 0 Å². The van der Waals surface area contributed by atoms with E-state index in [0.717, 1.165) is 0 Å². The van der Waals surface area contributed by atoms with E-state index in [2.05, 4.69) is 9.97 Å². The van der Waals surface area contributed by atoms with E-state index in [1.807, 2.05) is 0 Å². The van der Waals surface area contributed by atoms with Crippen molar-refractivity contribution in [1.29, 1.82) is 0 Å². The van der Waals surface area contributed by atoms with Crippen molar-refractivity contribution in [3.63, 3.8) is 0 Å². The van der Waals surface area contributed by atoms with Gasteiger partial charge in [0.25, 0.3) is 0 Å². The number of aromatic nitrogens is 2. The van der Waals surface area contributed by atoms with Gasteiger partial charge in [0.1, 0.15) is 12.1 Å². The van der Waals surface area contributed by atoms with Gasteiger partial charge in [0.15, 0.2) is 0 Å². The summed E-state index contributed by atoms with van der Waals surface area (Å²) in [5.41, 5.74) is 0. The lowest BCUT2D eigenvalue weighted by atomic mass is 10.4. The molecule has 0 saturated carbocycles. The second-order valence-corrected chi connectivity index (χ2v) is 3.70. The van der Waals surface area contributed by atoms with Gasteiger partial charge in [-0.05, 0) is 0 Å². The third kappa shape index (κ3) is 1.12. The van der Waals surface area contributed by atoms with Crippen molar-refractivity contribution in [3.05, 3.63) is 23.1 Å². The van der Waals surface area contributed by atoms with Crippen LogP contribution < -0.4 is 10.6 Å². The standard InChI is InChI=1S/C7H6N2O2S/c10-7-3-12(11)2-6-5(7)1-8-4-9-6/h1-2,4,10H,3H2. The molecule has 0 amide bonds. The molecule has 62 valence electrons. The largest absolute Gasteiger partial charge is 0.511 e. The molecule has 1 unspecified atom stereocenters. The van der Waals surface area contributed by atoms with E-state index in [4.69, 9.17) is 0 Å². The molecule has 0 saturated heterocycles. The minimum absolute atomic E-state index is 0.103. The number of hydrogen-bond acceptors (Lipinski definition) is 4. The van der Waals surface area contributed by atoms with Crippen LogP contribution in [0.15, 0.2) is 12.5 Å². The molecule has 1 aliphatic rings. The maximum Gasteiger partial charge on any atom is 0.116 e. The van der Waals surface area contributed by atoms with Crippen LogP contribution in [0.1, 0.15) is 0 Å². The lowest BCUT2D eigenvalue weighted by molar-refractivity contribution is 0.498. The number of nitrogens with zero attached hydrogens (tertiary/aromatic N) is 2. The normalized spacial score (nSPS) is 21.3. The molecule has 2 rings (SSSR count). The first kappa shape index (κ1) is 7.42. The maximum absolute atomic E-state index is 11.1. The predicted molar refractivity (Wildman–Crippen MR) is 44.8 cm³/mol. The fraction of sp³-hybridized carbons (Fsp3) is 0.143. The Kier molecular flexibility index (Phi) is 1.65. The SMILES string of the molecule is O=S1C=c2ncncc2=C(O)C1. The molecule has 0 radical (unpaired) electrons. The first-order chi connectivity index (χ1) is 5.77. The van der Waals surface area contributed by atoms with Gasteiger partial charge in [-0.25, -0.2) is 9.97 Å². The molecular weight excluding hydrogens is 176 g/mol. The molecule has 5 heteroatoms. The van der Waals surface area contributed by atoms with E-state index in [0.29, 0.717) is 10.6 Å².